The lowest BCUT2D eigenvalue weighted by atomic mass is 10.1. The Morgan fingerprint density at radius 2 is 1.55 bits per heavy atom. The van der Waals surface area contributed by atoms with Crippen LogP contribution in [-0.4, -0.2) is 12.7 Å². The monoisotopic (exact) mass is 160 g/mol. The highest BCUT2D eigenvalue weighted by Crippen LogP contribution is 2.02. The molecule has 0 bridgehead atoms. The van der Waals surface area contributed by atoms with Crippen molar-refractivity contribution in [1.82, 2.24) is 0 Å². The smallest absolute Gasteiger partial charge is 0.0519 e. The first kappa shape index (κ1) is 13.5. The molecule has 0 spiro atoms. The van der Waals surface area contributed by atoms with Crippen LogP contribution in [-0.2, 0) is 4.74 Å². The van der Waals surface area contributed by atoms with Crippen LogP contribution in [0.25, 0.3) is 0 Å². The minimum atomic E-state index is 0.388. The number of hydrogen-bond donors (Lipinski definition) is 0. The lowest BCUT2D eigenvalue weighted by Gasteiger charge is -2.11. The summed E-state index contributed by atoms with van der Waals surface area (Å²) in [6.45, 7) is 13.5. The molecule has 0 aliphatic carbocycles. The van der Waals surface area contributed by atoms with Gasteiger partial charge < -0.3 is 4.74 Å². The highest BCUT2D eigenvalue weighted by molar-refractivity contribution is 4.47. The van der Waals surface area contributed by atoms with Gasteiger partial charge in [-0.2, -0.15) is 0 Å². The normalized spacial score (nSPS) is 12.3. The van der Waals surface area contributed by atoms with E-state index in [9.17, 15) is 0 Å². The Balaban J connectivity index is 0. The molecule has 0 aromatic rings. The third-order valence-corrected chi connectivity index (χ3v) is 1.41. The van der Waals surface area contributed by atoms with Crippen molar-refractivity contribution in [3.8, 4) is 0 Å². The fourth-order valence-corrected chi connectivity index (χ4v) is 0.475. The maximum Gasteiger partial charge on any atom is 0.0519 e. The van der Waals surface area contributed by atoms with Crippen molar-refractivity contribution in [3.63, 3.8) is 0 Å². The van der Waals surface area contributed by atoms with E-state index in [1.54, 1.807) is 0 Å². The molecule has 0 radical (unpaired) electrons. The Hall–Kier alpha value is -0.0400. The second kappa shape index (κ2) is 9.96. The molecule has 1 heteroatoms. The van der Waals surface area contributed by atoms with E-state index in [0.717, 1.165) is 6.61 Å². The largest absolute Gasteiger partial charge is 0.379 e. The van der Waals surface area contributed by atoms with Gasteiger partial charge in [-0.3, -0.25) is 0 Å². The summed E-state index contributed by atoms with van der Waals surface area (Å²) in [5, 5.41) is 0. The maximum atomic E-state index is 5.39. The third-order valence-electron chi connectivity index (χ3n) is 1.41. The summed E-state index contributed by atoms with van der Waals surface area (Å²) in [7, 11) is 0. The van der Waals surface area contributed by atoms with Crippen molar-refractivity contribution < 1.29 is 4.74 Å². The van der Waals surface area contributed by atoms with Crippen LogP contribution in [0.1, 0.15) is 48.0 Å². The van der Waals surface area contributed by atoms with E-state index < -0.39 is 0 Å². The standard InChI is InChI=1S/C8H18O.C2H6/c1-5-8(4)6-9-7(2)3;1-2/h7-8H,5-6H2,1-4H3;1-2H3. The van der Waals surface area contributed by atoms with Gasteiger partial charge in [0.25, 0.3) is 0 Å². The molecule has 0 aliphatic rings. The summed E-state index contributed by atoms with van der Waals surface area (Å²) in [5.74, 6) is 0.715. The summed E-state index contributed by atoms with van der Waals surface area (Å²) < 4.78 is 5.39. The number of ether oxygens (including phenoxy) is 1. The van der Waals surface area contributed by atoms with E-state index in [2.05, 4.69) is 27.7 Å². The zero-order valence-electron chi connectivity index (χ0n) is 8.98. The lowest BCUT2D eigenvalue weighted by molar-refractivity contribution is 0.0545. The molecule has 0 fully saturated rings. The number of hydrogen-bond acceptors (Lipinski definition) is 1. The molecule has 0 saturated heterocycles. The van der Waals surface area contributed by atoms with Gasteiger partial charge in [0.2, 0.25) is 0 Å². The van der Waals surface area contributed by atoms with Crippen LogP contribution in [0, 0.1) is 5.92 Å². The maximum absolute atomic E-state index is 5.39. The Labute approximate surface area is 72.1 Å². The van der Waals surface area contributed by atoms with Gasteiger partial charge in [-0.15, -0.1) is 0 Å². The van der Waals surface area contributed by atoms with E-state index in [0.29, 0.717) is 12.0 Å². The second-order valence-corrected chi connectivity index (χ2v) is 2.90. The highest BCUT2D eigenvalue weighted by Gasteiger charge is 1.99. The van der Waals surface area contributed by atoms with Crippen LogP contribution in [0.5, 0.6) is 0 Å². The van der Waals surface area contributed by atoms with Crippen LogP contribution in [0.2, 0.25) is 0 Å². The first-order valence-electron chi connectivity index (χ1n) is 4.78. The van der Waals surface area contributed by atoms with E-state index >= 15 is 0 Å². The topological polar surface area (TPSA) is 9.23 Å². The summed E-state index contributed by atoms with van der Waals surface area (Å²) in [6.07, 6.45) is 1.60. The zero-order chi connectivity index (χ0) is 9.28. The fourth-order valence-electron chi connectivity index (χ4n) is 0.475. The average molecular weight is 160 g/mol. The summed E-state index contributed by atoms with van der Waals surface area (Å²) in [5.41, 5.74) is 0. The average Bonchev–Trinajstić information content (AvgIpc) is 2.04. The molecule has 0 saturated carbocycles. The Morgan fingerprint density at radius 1 is 1.09 bits per heavy atom. The molecule has 0 amide bonds. The van der Waals surface area contributed by atoms with Crippen LogP contribution >= 0.6 is 0 Å². The molecule has 0 N–H and O–H groups in total. The molecule has 70 valence electrons. The van der Waals surface area contributed by atoms with Gasteiger partial charge >= 0.3 is 0 Å². The first-order chi connectivity index (χ1) is 5.16. The molecule has 1 unspecified atom stereocenters. The Morgan fingerprint density at radius 3 is 1.82 bits per heavy atom. The third kappa shape index (κ3) is 13.0. The molecular formula is C10H24O. The second-order valence-electron chi connectivity index (χ2n) is 2.90. The fraction of sp³-hybridized carbons (Fsp3) is 1.00. The molecule has 1 atom stereocenters. The lowest BCUT2D eigenvalue weighted by Crippen LogP contribution is -2.09. The van der Waals surface area contributed by atoms with E-state index in [-0.39, 0.29) is 0 Å². The predicted molar refractivity (Wildman–Crippen MR) is 51.9 cm³/mol. The van der Waals surface area contributed by atoms with Gasteiger partial charge in [0.1, 0.15) is 0 Å². The Kier molecular flexibility index (Phi) is 12.3. The van der Waals surface area contributed by atoms with Crippen molar-refractivity contribution in [2.45, 2.75) is 54.1 Å². The molecular weight excluding hydrogens is 136 g/mol. The quantitative estimate of drug-likeness (QED) is 0.611. The molecule has 11 heavy (non-hydrogen) atoms. The van der Waals surface area contributed by atoms with E-state index in [4.69, 9.17) is 4.74 Å². The summed E-state index contributed by atoms with van der Waals surface area (Å²) >= 11 is 0. The molecule has 0 aromatic heterocycles. The van der Waals surface area contributed by atoms with Crippen molar-refractivity contribution >= 4 is 0 Å². The summed E-state index contributed by atoms with van der Waals surface area (Å²) in [6, 6.07) is 0. The predicted octanol–water partition coefficient (Wildman–Crippen LogP) is 3.48. The van der Waals surface area contributed by atoms with Crippen molar-refractivity contribution in [2.75, 3.05) is 6.61 Å². The van der Waals surface area contributed by atoms with Gasteiger partial charge in [-0.25, -0.2) is 0 Å². The van der Waals surface area contributed by atoms with Gasteiger partial charge in [-0.05, 0) is 19.8 Å². The van der Waals surface area contributed by atoms with E-state index in [1.807, 2.05) is 13.8 Å². The minimum absolute atomic E-state index is 0.388. The van der Waals surface area contributed by atoms with Gasteiger partial charge in [-0.1, -0.05) is 34.1 Å². The SMILES string of the molecule is CC.CCC(C)COC(C)C. The minimum Gasteiger partial charge on any atom is -0.379 e. The van der Waals surface area contributed by atoms with Crippen molar-refractivity contribution in [3.05, 3.63) is 0 Å². The van der Waals surface area contributed by atoms with Crippen LogP contribution in [0.4, 0.5) is 0 Å². The number of rotatable bonds is 4. The molecule has 0 rings (SSSR count). The van der Waals surface area contributed by atoms with Crippen LogP contribution in [0.3, 0.4) is 0 Å². The highest BCUT2D eigenvalue weighted by atomic mass is 16.5. The van der Waals surface area contributed by atoms with Gasteiger partial charge in [0.15, 0.2) is 0 Å². The Bertz CT molecular complexity index is 59.9. The summed E-state index contributed by atoms with van der Waals surface area (Å²) in [4.78, 5) is 0. The van der Waals surface area contributed by atoms with Crippen molar-refractivity contribution in [2.24, 2.45) is 5.92 Å². The zero-order valence-corrected chi connectivity index (χ0v) is 8.98. The van der Waals surface area contributed by atoms with Crippen LogP contribution < -0.4 is 0 Å². The molecule has 1 nitrogen and oxygen atoms in total. The van der Waals surface area contributed by atoms with Gasteiger partial charge in [0.05, 0.1) is 6.10 Å². The van der Waals surface area contributed by atoms with Crippen LogP contribution in [0.15, 0.2) is 0 Å². The van der Waals surface area contributed by atoms with Gasteiger partial charge in [0, 0.05) is 6.61 Å². The van der Waals surface area contributed by atoms with E-state index in [1.165, 1.54) is 6.42 Å². The van der Waals surface area contributed by atoms with Crippen molar-refractivity contribution in [1.29, 1.82) is 0 Å². The molecule has 0 heterocycles. The molecule has 0 aliphatic heterocycles. The first-order valence-corrected chi connectivity index (χ1v) is 4.78. The molecule has 0 aromatic carbocycles.